The van der Waals surface area contributed by atoms with Gasteiger partial charge in [-0.3, -0.25) is 10.2 Å². The molecule has 0 saturated carbocycles. The van der Waals surface area contributed by atoms with E-state index in [1.807, 2.05) is 26.8 Å². The number of pyridine rings is 1. The molecule has 2 fully saturated rings. The van der Waals surface area contributed by atoms with Gasteiger partial charge in [0.2, 0.25) is 0 Å². The third kappa shape index (κ3) is 3.75. The molecule has 3 rings (SSSR count). The van der Waals surface area contributed by atoms with Crippen LogP contribution in [0.15, 0.2) is 12.3 Å². The van der Waals surface area contributed by atoms with Gasteiger partial charge in [-0.05, 0) is 40.7 Å². The van der Waals surface area contributed by atoms with Crippen molar-refractivity contribution in [1.29, 1.82) is 0 Å². The topological polar surface area (TPSA) is 57.7 Å². The van der Waals surface area contributed by atoms with Crippen molar-refractivity contribution in [1.82, 2.24) is 9.88 Å². The van der Waals surface area contributed by atoms with Crippen LogP contribution in [-0.2, 0) is 4.74 Å². The number of fused-ring (bicyclic) bond motifs is 2. The highest BCUT2D eigenvalue weighted by Crippen LogP contribution is 2.32. The summed E-state index contributed by atoms with van der Waals surface area (Å²) in [5.74, 6) is 0.843. The minimum Gasteiger partial charge on any atom is -0.444 e. The Morgan fingerprint density at radius 2 is 1.96 bits per heavy atom. The van der Waals surface area contributed by atoms with E-state index in [0.29, 0.717) is 22.8 Å². The zero-order valence-electron chi connectivity index (χ0n) is 14.7. The molecule has 2 aliphatic heterocycles. The molecule has 0 spiro atoms. The predicted molar refractivity (Wildman–Crippen MR) is 95.9 cm³/mol. The maximum atomic E-state index is 12.0. The number of carbonyl (C=O) groups excluding carboxylic acids is 1. The largest absolute Gasteiger partial charge is 0.444 e. The average Bonchev–Trinajstić information content (AvgIpc) is 2.70. The van der Waals surface area contributed by atoms with Gasteiger partial charge >= 0.3 is 6.09 Å². The standard InChI is InChI=1S/C17H25ClN4O2/c1-17(2,3)24-16(23)20-14-7-15(19-8-13(14)18)22-9-11-5-6-12(10-22)21(11)4/h7-8,11-12H,5-6,9-10H2,1-4H3,(H,19,20,23). The van der Waals surface area contributed by atoms with Gasteiger partial charge in [-0.1, -0.05) is 11.6 Å². The molecular formula is C17H25ClN4O2. The highest BCUT2D eigenvalue weighted by molar-refractivity contribution is 6.33. The molecule has 0 aromatic carbocycles. The molecule has 132 valence electrons. The zero-order chi connectivity index (χ0) is 17.5. The second-order valence-electron chi connectivity index (χ2n) is 7.60. The first-order chi connectivity index (χ1) is 11.2. The summed E-state index contributed by atoms with van der Waals surface area (Å²) in [7, 11) is 2.20. The Morgan fingerprint density at radius 3 is 2.54 bits per heavy atom. The molecule has 1 aromatic heterocycles. The van der Waals surface area contributed by atoms with E-state index in [1.54, 1.807) is 6.20 Å². The van der Waals surface area contributed by atoms with Crippen LogP contribution in [0.4, 0.5) is 16.3 Å². The Morgan fingerprint density at radius 1 is 1.33 bits per heavy atom. The molecule has 24 heavy (non-hydrogen) atoms. The Labute approximate surface area is 148 Å². The number of carbonyl (C=O) groups is 1. The second-order valence-corrected chi connectivity index (χ2v) is 8.01. The number of halogens is 1. The molecule has 1 aromatic rings. The summed E-state index contributed by atoms with van der Waals surface area (Å²) in [4.78, 5) is 21.2. The van der Waals surface area contributed by atoms with E-state index in [1.165, 1.54) is 12.8 Å². The van der Waals surface area contributed by atoms with Crippen LogP contribution in [0.1, 0.15) is 33.6 Å². The Kier molecular flexibility index (Phi) is 4.62. The smallest absolute Gasteiger partial charge is 0.412 e. The fourth-order valence-corrected chi connectivity index (χ4v) is 3.56. The summed E-state index contributed by atoms with van der Waals surface area (Å²) in [6, 6.07) is 2.98. The van der Waals surface area contributed by atoms with Crippen molar-refractivity contribution in [2.24, 2.45) is 0 Å². The van der Waals surface area contributed by atoms with Gasteiger partial charge in [0.25, 0.3) is 0 Å². The average molecular weight is 353 g/mol. The minimum atomic E-state index is -0.553. The summed E-state index contributed by atoms with van der Waals surface area (Å²) >= 11 is 6.18. The van der Waals surface area contributed by atoms with Crippen LogP contribution >= 0.6 is 11.6 Å². The summed E-state index contributed by atoms with van der Waals surface area (Å²) in [6.07, 6.45) is 3.53. The SMILES string of the molecule is CN1C2CCC1CN(c1cc(NC(=O)OC(C)(C)C)c(Cl)cn1)C2. The number of amides is 1. The first-order valence-electron chi connectivity index (χ1n) is 8.35. The number of rotatable bonds is 2. The molecule has 6 nitrogen and oxygen atoms in total. The van der Waals surface area contributed by atoms with Crippen LogP contribution in [0.5, 0.6) is 0 Å². The molecular weight excluding hydrogens is 328 g/mol. The van der Waals surface area contributed by atoms with Crippen molar-refractivity contribution >= 4 is 29.2 Å². The van der Waals surface area contributed by atoms with Crippen LogP contribution in [0.3, 0.4) is 0 Å². The monoisotopic (exact) mass is 352 g/mol. The highest BCUT2D eigenvalue weighted by atomic mass is 35.5. The van der Waals surface area contributed by atoms with Crippen LogP contribution in [0, 0.1) is 0 Å². The van der Waals surface area contributed by atoms with Crippen LogP contribution in [-0.4, -0.2) is 53.8 Å². The van der Waals surface area contributed by atoms with Gasteiger partial charge in [0.05, 0.1) is 16.9 Å². The lowest BCUT2D eigenvalue weighted by molar-refractivity contribution is 0.0636. The lowest BCUT2D eigenvalue weighted by Gasteiger charge is -2.39. The van der Waals surface area contributed by atoms with Crippen LogP contribution in [0.25, 0.3) is 0 Å². The maximum absolute atomic E-state index is 12.0. The number of hydrogen-bond donors (Lipinski definition) is 1. The van der Waals surface area contributed by atoms with Crippen molar-refractivity contribution in [3.05, 3.63) is 17.3 Å². The summed E-state index contributed by atoms with van der Waals surface area (Å²) in [6.45, 7) is 7.38. The van der Waals surface area contributed by atoms with Crippen LogP contribution < -0.4 is 10.2 Å². The number of nitrogens with one attached hydrogen (secondary N) is 1. The van der Waals surface area contributed by atoms with Crippen LogP contribution in [0.2, 0.25) is 5.02 Å². The van der Waals surface area contributed by atoms with Gasteiger partial charge in [-0.2, -0.15) is 0 Å². The van der Waals surface area contributed by atoms with E-state index >= 15 is 0 Å². The van der Waals surface area contributed by atoms with Crippen molar-refractivity contribution in [2.75, 3.05) is 30.4 Å². The van der Waals surface area contributed by atoms with E-state index in [0.717, 1.165) is 18.9 Å². The van der Waals surface area contributed by atoms with E-state index in [4.69, 9.17) is 16.3 Å². The van der Waals surface area contributed by atoms with E-state index in [2.05, 4.69) is 27.1 Å². The van der Waals surface area contributed by atoms with Gasteiger partial charge in [0, 0.05) is 31.2 Å². The molecule has 2 aliphatic rings. The number of nitrogens with zero attached hydrogens (tertiary/aromatic N) is 3. The summed E-state index contributed by atoms with van der Waals surface area (Å²) in [5, 5.41) is 3.13. The third-order valence-corrected chi connectivity index (χ3v) is 4.95. The Bertz CT molecular complexity index is 618. The lowest BCUT2D eigenvalue weighted by atomic mass is 10.2. The molecule has 7 heteroatoms. The number of ether oxygens (including phenoxy) is 1. The van der Waals surface area contributed by atoms with Crippen molar-refractivity contribution < 1.29 is 9.53 Å². The Balaban J connectivity index is 1.73. The summed E-state index contributed by atoms with van der Waals surface area (Å²) in [5.41, 5.74) is -0.0227. The van der Waals surface area contributed by atoms with Crippen molar-refractivity contribution in [3.63, 3.8) is 0 Å². The number of hydrogen-bond acceptors (Lipinski definition) is 5. The van der Waals surface area contributed by atoms with Crippen molar-refractivity contribution in [2.45, 2.75) is 51.3 Å². The first kappa shape index (κ1) is 17.3. The van der Waals surface area contributed by atoms with Gasteiger partial charge in [0.1, 0.15) is 11.4 Å². The van der Waals surface area contributed by atoms with E-state index in [-0.39, 0.29) is 0 Å². The van der Waals surface area contributed by atoms with Gasteiger partial charge in [0.15, 0.2) is 0 Å². The number of likely N-dealkylation sites (N-methyl/N-ethyl adjacent to an activating group) is 1. The molecule has 2 atom stereocenters. The molecule has 0 aliphatic carbocycles. The van der Waals surface area contributed by atoms with Crippen molar-refractivity contribution in [3.8, 4) is 0 Å². The molecule has 2 bridgehead atoms. The molecule has 1 N–H and O–H groups in total. The van der Waals surface area contributed by atoms with Gasteiger partial charge in [-0.15, -0.1) is 0 Å². The Hall–Kier alpha value is -1.53. The third-order valence-electron chi connectivity index (χ3n) is 4.65. The van der Waals surface area contributed by atoms with E-state index < -0.39 is 11.7 Å². The van der Waals surface area contributed by atoms with Gasteiger partial charge < -0.3 is 9.64 Å². The molecule has 2 saturated heterocycles. The number of aromatic nitrogens is 1. The zero-order valence-corrected chi connectivity index (χ0v) is 15.4. The van der Waals surface area contributed by atoms with E-state index in [9.17, 15) is 4.79 Å². The predicted octanol–water partition coefficient (Wildman–Crippen LogP) is 3.36. The van der Waals surface area contributed by atoms with Gasteiger partial charge in [-0.25, -0.2) is 9.78 Å². The quantitative estimate of drug-likeness (QED) is 0.884. The number of anilines is 2. The normalized spacial score (nSPS) is 24.1. The maximum Gasteiger partial charge on any atom is 0.412 e. The fraction of sp³-hybridized carbons (Fsp3) is 0.647. The lowest BCUT2D eigenvalue weighted by Crippen LogP contribution is -2.52. The fourth-order valence-electron chi connectivity index (χ4n) is 3.41. The highest BCUT2D eigenvalue weighted by Gasteiger charge is 2.37. The molecule has 3 heterocycles. The molecule has 1 amide bonds. The second kappa shape index (κ2) is 6.41. The minimum absolute atomic E-state index is 0.404. The molecule has 0 radical (unpaired) electrons. The summed E-state index contributed by atoms with van der Waals surface area (Å²) < 4.78 is 5.29. The molecule has 2 unspecified atom stereocenters. The first-order valence-corrected chi connectivity index (χ1v) is 8.73. The number of piperazine rings is 1.